The Morgan fingerprint density at radius 2 is 1.74 bits per heavy atom. The topological polar surface area (TPSA) is 98.7 Å². The molecule has 0 aromatic carbocycles. The first-order valence-corrected chi connectivity index (χ1v) is 6.94. The third-order valence-electron chi connectivity index (χ3n) is 3.99. The summed E-state index contributed by atoms with van der Waals surface area (Å²) in [7, 11) is 0. The van der Waals surface area contributed by atoms with Crippen LogP contribution in [0.4, 0.5) is 4.79 Å². The monoisotopic (exact) mass is 270 g/mol. The SMILES string of the molecule is C[C@@H](O)[C@H](NC(=O)NCC(C1CC1)C1CC1)C(=O)O. The summed E-state index contributed by atoms with van der Waals surface area (Å²) in [5.41, 5.74) is 0. The highest BCUT2D eigenvalue weighted by atomic mass is 16.4. The van der Waals surface area contributed by atoms with E-state index >= 15 is 0 Å². The van der Waals surface area contributed by atoms with E-state index in [2.05, 4.69) is 10.6 Å². The van der Waals surface area contributed by atoms with Crippen molar-refractivity contribution < 1.29 is 19.8 Å². The summed E-state index contributed by atoms with van der Waals surface area (Å²) in [6, 6.07) is -1.78. The minimum absolute atomic E-state index is 0.514. The van der Waals surface area contributed by atoms with Gasteiger partial charge in [-0.25, -0.2) is 9.59 Å². The summed E-state index contributed by atoms with van der Waals surface area (Å²) in [5, 5.41) is 23.2. The Bertz CT molecular complexity index is 339. The van der Waals surface area contributed by atoms with Gasteiger partial charge in [0.2, 0.25) is 0 Å². The third kappa shape index (κ3) is 4.09. The second-order valence-corrected chi connectivity index (χ2v) is 5.75. The van der Waals surface area contributed by atoms with E-state index in [4.69, 9.17) is 5.11 Å². The lowest BCUT2D eigenvalue weighted by Crippen LogP contribution is -2.51. The summed E-state index contributed by atoms with van der Waals surface area (Å²) in [6.07, 6.45) is 3.86. The van der Waals surface area contributed by atoms with Crippen molar-refractivity contribution in [1.29, 1.82) is 0 Å². The fraction of sp³-hybridized carbons (Fsp3) is 0.846. The molecule has 0 unspecified atom stereocenters. The lowest BCUT2D eigenvalue weighted by atomic mass is 9.98. The van der Waals surface area contributed by atoms with Crippen LogP contribution < -0.4 is 10.6 Å². The fourth-order valence-electron chi connectivity index (χ4n) is 2.56. The number of carboxylic acid groups (broad SMARTS) is 1. The Hall–Kier alpha value is -1.30. The summed E-state index contributed by atoms with van der Waals surface area (Å²) in [6.45, 7) is 1.95. The maximum Gasteiger partial charge on any atom is 0.328 e. The molecule has 0 radical (unpaired) electrons. The quantitative estimate of drug-likeness (QED) is 0.543. The predicted octanol–water partition coefficient (Wildman–Crippen LogP) is 0.556. The number of carboxylic acids is 1. The van der Waals surface area contributed by atoms with Gasteiger partial charge in [-0.15, -0.1) is 0 Å². The van der Waals surface area contributed by atoms with Gasteiger partial charge in [0.15, 0.2) is 6.04 Å². The largest absolute Gasteiger partial charge is 0.480 e. The van der Waals surface area contributed by atoms with E-state index in [1.54, 1.807) is 0 Å². The van der Waals surface area contributed by atoms with E-state index in [1.165, 1.54) is 32.6 Å². The zero-order valence-corrected chi connectivity index (χ0v) is 11.1. The standard InChI is InChI=1S/C13H22N2O4/c1-7(16)11(12(17)18)15-13(19)14-6-10(8-2-3-8)9-4-5-9/h7-11,16H,2-6H2,1H3,(H,17,18)(H2,14,15,19)/t7-,11+/m1/s1. The van der Waals surface area contributed by atoms with Crippen LogP contribution in [-0.2, 0) is 4.79 Å². The van der Waals surface area contributed by atoms with Gasteiger partial charge >= 0.3 is 12.0 Å². The Labute approximate surface area is 112 Å². The number of aliphatic hydroxyl groups excluding tert-OH is 1. The number of hydrogen-bond donors (Lipinski definition) is 4. The van der Waals surface area contributed by atoms with Crippen LogP contribution in [-0.4, -0.2) is 40.9 Å². The Balaban J connectivity index is 1.75. The number of carbonyl (C=O) groups excluding carboxylic acids is 1. The second-order valence-electron chi connectivity index (χ2n) is 5.75. The van der Waals surface area contributed by atoms with Gasteiger partial charge < -0.3 is 20.8 Å². The second kappa shape index (κ2) is 5.77. The zero-order chi connectivity index (χ0) is 14.0. The molecule has 2 fully saturated rings. The molecular formula is C13H22N2O4. The molecule has 6 heteroatoms. The summed E-state index contributed by atoms with van der Waals surface area (Å²) in [4.78, 5) is 22.5. The average molecular weight is 270 g/mol. The molecule has 0 heterocycles. The van der Waals surface area contributed by atoms with Crippen LogP contribution in [0.2, 0.25) is 0 Å². The van der Waals surface area contributed by atoms with E-state index in [0.29, 0.717) is 12.5 Å². The van der Waals surface area contributed by atoms with Crippen molar-refractivity contribution in [3.05, 3.63) is 0 Å². The highest BCUT2D eigenvalue weighted by Gasteiger charge is 2.41. The molecule has 0 spiro atoms. The summed E-state index contributed by atoms with van der Waals surface area (Å²) < 4.78 is 0. The number of nitrogens with one attached hydrogen (secondary N) is 2. The molecule has 2 saturated carbocycles. The van der Waals surface area contributed by atoms with Gasteiger partial charge in [-0.2, -0.15) is 0 Å². The van der Waals surface area contributed by atoms with Gasteiger partial charge in [-0.3, -0.25) is 0 Å². The van der Waals surface area contributed by atoms with Gasteiger partial charge in [0.1, 0.15) is 0 Å². The van der Waals surface area contributed by atoms with Crippen LogP contribution in [0.1, 0.15) is 32.6 Å². The smallest absolute Gasteiger partial charge is 0.328 e. The van der Waals surface area contributed by atoms with E-state index < -0.39 is 24.1 Å². The Morgan fingerprint density at radius 3 is 2.11 bits per heavy atom. The fourth-order valence-corrected chi connectivity index (χ4v) is 2.56. The zero-order valence-electron chi connectivity index (χ0n) is 11.1. The Morgan fingerprint density at radius 1 is 1.21 bits per heavy atom. The van der Waals surface area contributed by atoms with Crippen molar-refractivity contribution in [2.45, 2.75) is 44.8 Å². The van der Waals surface area contributed by atoms with Crippen molar-refractivity contribution in [3.8, 4) is 0 Å². The van der Waals surface area contributed by atoms with Crippen LogP contribution >= 0.6 is 0 Å². The number of carbonyl (C=O) groups is 2. The molecule has 6 nitrogen and oxygen atoms in total. The molecule has 0 saturated heterocycles. The average Bonchev–Trinajstić information content (AvgIpc) is 3.17. The number of aliphatic carboxylic acids is 1. The first kappa shape index (κ1) is 14.1. The molecule has 108 valence electrons. The van der Waals surface area contributed by atoms with Crippen molar-refractivity contribution in [1.82, 2.24) is 10.6 Å². The molecule has 2 amide bonds. The maximum atomic E-state index is 11.7. The Kier molecular flexibility index (Phi) is 4.29. The van der Waals surface area contributed by atoms with Gasteiger partial charge in [-0.05, 0) is 50.4 Å². The number of aliphatic hydroxyl groups is 1. The number of urea groups is 1. The minimum atomic E-state index is -1.26. The van der Waals surface area contributed by atoms with Crippen molar-refractivity contribution in [3.63, 3.8) is 0 Å². The molecule has 0 aliphatic heterocycles. The maximum absolute atomic E-state index is 11.7. The van der Waals surface area contributed by atoms with Gasteiger partial charge in [0, 0.05) is 6.54 Å². The molecule has 2 atom stereocenters. The van der Waals surface area contributed by atoms with Crippen molar-refractivity contribution >= 4 is 12.0 Å². The number of hydrogen-bond acceptors (Lipinski definition) is 3. The van der Waals surface area contributed by atoms with E-state index in [9.17, 15) is 14.7 Å². The van der Waals surface area contributed by atoms with Crippen molar-refractivity contribution in [2.75, 3.05) is 6.54 Å². The number of amides is 2. The summed E-state index contributed by atoms with van der Waals surface area (Å²) in [5.74, 6) is 0.784. The van der Waals surface area contributed by atoms with Crippen molar-refractivity contribution in [2.24, 2.45) is 17.8 Å². The van der Waals surface area contributed by atoms with E-state index in [-0.39, 0.29) is 0 Å². The minimum Gasteiger partial charge on any atom is -0.480 e. The molecular weight excluding hydrogens is 248 g/mol. The molecule has 2 aliphatic carbocycles. The van der Waals surface area contributed by atoms with Gasteiger partial charge in [0.25, 0.3) is 0 Å². The van der Waals surface area contributed by atoms with Gasteiger partial charge in [0.05, 0.1) is 6.10 Å². The highest BCUT2D eigenvalue weighted by Crippen LogP contribution is 2.48. The van der Waals surface area contributed by atoms with Crippen LogP contribution in [0.3, 0.4) is 0 Å². The van der Waals surface area contributed by atoms with Crippen LogP contribution in [0.25, 0.3) is 0 Å². The molecule has 2 rings (SSSR count). The van der Waals surface area contributed by atoms with E-state index in [0.717, 1.165) is 11.8 Å². The lowest BCUT2D eigenvalue weighted by molar-refractivity contribution is -0.141. The highest BCUT2D eigenvalue weighted by molar-refractivity contribution is 5.82. The predicted molar refractivity (Wildman–Crippen MR) is 68.6 cm³/mol. The summed E-state index contributed by atoms with van der Waals surface area (Å²) >= 11 is 0. The van der Waals surface area contributed by atoms with Gasteiger partial charge in [-0.1, -0.05) is 0 Å². The molecule has 2 aliphatic rings. The first-order chi connectivity index (χ1) is 8.99. The molecule has 19 heavy (non-hydrogen) atoms. The molecule has 0 bridgehead atoms. The van der Waals surface area contributed by atoms with Crippen LogP contribution in [0.5, 0.6) is 0 Å². The first-order valence-electron chi connectivity index (χ1n) is 6.94. The molecule has 0 aromatic rings. The third-order valence-corrected chi connectivity index (χ3v) is 3.99. The molecule has 4 N–H and O–H groups in total. The van der Waals surface area contributed by atoms with Crippen LogP contribution in [0.15, 0.2) is 0 Å². The normalized spacial score (nSPS) is 21.8. The van der Waals surface area contributed by atoms with Crippen LogP contribution in [0, 0.1) is 17.8 Å². The van der Waals surface area contributed by atoms with E-state index in [1.807, 2.05) is 0 Å². The number of rotatable bonds is 7. The molecule has 0 aromatic heterocycles. The lowest BCUT2D eigenvalue weighted by Gasteiger charge is -2.20.